The maximum absolute atomic E-state index is 13.5. The summed E-state index contributed by atoms with van der Waals surface area (Å²) in [5.74, 6) is 0.0813. The highest BCUT2D eigenvalue weighted by Crippen LogP contribution is 2.44. The number of likely N-dealkylation sites (tertiary alicyclic amines) is 1. The van der Waals surface area contributed by atoms with Crippen molar-refractivity contribution < 1.29 is 14.4 Å². The van der Waals surface area contributed by atoms with E-state index in [-0.39, 0.29) is 17.6 Å². The Kier molecular flexibility index (Phi) is 6.39. The van der Waals surface area contributed by atoms with Crippen molar-refractivity contribution in [3.8, 4) is 0 Å². The van der Waals surface area contributed by atoms with Crippen LogP contribution in [0.25, 0.3) is 0 Å². The molecule has 6 rings (SSSR count). The van der Waals surface area contributed by atoms with Crippen LogP contribution in [0.15, 0.2) is 17.3 Å². The SMILES string of the molecule is CC1(c2cc(Cl)c(Cl)c(Cl)c2)CC(c2sc(C(=O)CC3CCN(C4CC4)C3=O)c3c2CCCC3)=NO1. The lowest BCUT2D eigenvalue weighted by Crippen LogP contribution is -2.30. The van der Waals surface area contributed by atoms with Gasteiger partial charge < -0.3 is 9.74 Å². The Balaban J connectivity index is 1.25. The van der Waals surface area contributed by atoms with E-state index in [0.29, 0.717) is 34.0 Å². The first-order valence-electron chi connectivity index (χ1n) is 12.6. The third-order valence-electron chi connectivity index (χ3n) is 7.96. The Hall–Kier alpha value is -1.60. The van der Waals surface area contributed by atoms with Crippen LogP contribution >= 0.6 is 46.1 Å². The molecule has 0 bridgehead atoms. The van der Waals surface area contributed by atoms with Gasteiger partial charge in [0, 0.05) is 36.9 Å². The number of hydrogen-bond donors (Lipinski definition) is 0. The molecule has 190 valence electrons. The van der Waals surface area contributed by atoms with Gasteiger partial charge in [-0.1, -0.05) is 40.0 Å². The third kappa shape index (κ3) is 4.28. The van der Waals surface area contributed by atoms with Gasteiger partial charge in [0.05, 0.1) is 24.8 Å². The summed E-state index contributed by atoms with van der Waals surface area (Å²) in [7, 11) is 0. The van der Waals surface area contributed by atoms with Crippen LogP contribution in [0, 0.1) is 5.92 Å². The van der Waals surface area contributed by atoms with Gasteiger partial charge in [0.2, 0.25) is 5.91 Å². The number of halogens is 3. The highest BCUT2D eigenvalue weighted by molar-refractivity contribution is 7.16. The van der Waals surface area contributed by atoms with E-state index in [1.54, 1.807) is 12.1 Å². The van der Waals surface area contributed by atoms with E-state index in [1.165, 1.54) is 16.9 Å². The fraction of sp³-hybridized carbons (Fsp3) is 0.519. The number of fused-ring (bicyclic) bond motifs is 1. The van der Waals surface area contributed by atoms with Gasteiger partial charge in [-0.2, -0.15) is 0 Å². The van der Waals surface area contributed by atoms with Crippen molar-refractivity contribution in [2.75, 3.05) is 6.54 Å². The van der Waals surface area contributed by atoms with Crippen molar-refractivity contribution in [1.29, 1.82) is 0 Å². The van der Waals surface area contributed by atoms with Gasteiger partial charge in [-0.25, -0.2) is 0 Å². The van der Waals surface area contributed by atoms with E-state index in [0.717, 1.165) is 78.1 Å². The molecule has 2 atom stereocenters. The number of Topliss-reactive ketones (excluding diaryl/α,β-unsaturated/α-hetero) is 1. The molecule has 1 saturated heterocycles. The minimum Gasteiger partial charge on any atom is -0.384 e. The molecule has 2 aliphatic heterocycles. The van der Waals surface area contributed by atoms with Crippen molar-refractivity contribution in [2.45, 2.75) is 76.4 Å². The molecular weight excluding hydrogens is 539 g/mol. The van der Waals surface area contributed by atoms with Gasteiger partial charge >= 0.3 is 0 Å². The van der Waals surface area contributed by atoms with Crippen LogP contribution in [-0.2, 0) is 28.1 Å². The normalized spacial score (nSPS) is 25.7. The molecule has 1 aromatic heterocycles. The average Bonchev–Trinajstić information content (AvgIpc) is 3.36. The van der Waals surface area contributed by atoms with Gasteiger partial charge in [0.25, 0.3) is 0 Å². The van der Waals surface area contributed by atoms with Gasteiger partial charge in [0.15, 0.2) is 11.4 Å². The summed E-state index contributed by atoms with van der Waals surface area (Å²) in [6, 6.07) is 3.96. The summed E-state index contributed by atoms with van der Waals surface area (Å²) < 4.78 is 0. The fourth-order valence-electron chi connectivity index (χ4n) is 5.78. The van der Waals surface area contributed by atoms with Crippen LogP contribution in [0.1, 0.15) is 83.1 Å². The van der Waals surface area contributed by atoms with Crippen LogP contribution in [0.4, 0.5) is 0 Å². The molecule has 2 aliphatic carbocycles. The number of amides is 1. The monoisotopic (exact) mass is 564 g/mol. The van der Waals surface area contributed by atoms with Crippen molar-refractivity contribution in [1.82, 2.24) is 4.90 Å². The Labute approximate surface area is 229 Å². The minimum absolute atomic E-state index is 0.0962. The predicted octanol–water partition coefficient (Wildman–Crippen LogP) is 7.21. The van der Waals surface area contributed by atoms with Gasteiger partial charge in [-0.3, -0.25) is 9.59 Å². The number of oxime groups is 1. The number of carbonyl (C=O) groups is 2. The van der Waals surface area contributed by atoms with Crippen LogP contribution in [0.2, 0.25) is 15.1 Å². The molecule has 2 fully saturated rings. The maximum atomic E-state index is 13.5. The summed E-state index contributed by atoms with van der Waals surface area (Å²) in [5, 5.41) is 5.56. The number of ketones is 1. The summed E-state index contributed by atoms with van der Waals surface area (Å²) in [6.45, 7) is 2.75. The van der Waals surface area contributed by atoms with Crippen LogP contribution < -0.4 is 0 Å². The zero-order chi connectivity index (χ0) is 25.2. The van der Waals surface area contributed by atoms with E-state index in [4.69, 9.17) is 39.6 Å². The Bertz CT molecular complexity index is 1280. The first-order chi connectivity index (χ1) is 17.2. The van der Waals surface area contributed by atoms with Crippen molar-refractivity contribution in [2.24, 2.45) is 11.1 Å². The molecular formula is C27H27Cl3N2O3S. The van der Waals surface area contributed by atoms with Crippen LogP contribution in [0.3, 0.4) is 0 Å². The molecule has 36 heavy (non-hydrogen) atoms. The second kappa shape index (κ2) is 9.30. The average molecular weight is 566 g/mol. The quantitative estimate of drug-likeness (QED) is 0.275. The number of rotatable bonds is 6. The number of carbonyl (C=O) groups excluding carboxylic acids is 2. The molecule has 1 aromatic carbocycles. The molecule has 0 N–H and O–H groups in total. The lowest BCUT2D eigenvalue weighted by molar-refractivity contribution is -0.131. The van der Waals surface area contributed by atoms with E-state index < -0.39 is 5.60 Å². The molecule has 3 heterocycles. The van der Waals surface area contributed by atoms with Crippen LogP contribution in [0.5, 0.6) is 0 Å². The molecule has 0 radical (unpaired) electrons. The molecule has 4 aliphatic rings. The molecule has 1 amide bonds. The van der Waals surface area contributed by atoms with Crippen molar-refractivity contribution in [3.05, 3.63) is 53.6 Å². The Morgan fingerprint density at radius 2 is 1.83 bits per heavy atom. The Morgan fingerprint density at radius 3 is 2.53 bits per heavy atom. The Morgan fingerprint density at radius 1 is 1.14 bits per heavy atom. The minimum atomic E-state index is -0.731. The summed E-state index contributed by atoms with van der Waals surface area (Å²) in [5.41, 5.74) is 3.31. The molecule has 2 unspecified atom stereocenters. The lowest BCUT2D eigenvalue weighted by atomic mass is 9.86. The van der Waals surface area contributed by atoms with E-state index >= 15 is 0 Å². The maximum Gasteiger partial charge on any atom is 0.226 e. The predicted molar refractivity (Wildman–Crippen MR) is 144 cm³/mol. The highest BCUT2D eigenvalue weighted by atomic mass is 35.5. The first kappa shape index (κ1) is 24.7. The molecule has 0 spiro atoms. The molecule has 5 nitrogen and oxygen atoms in total. The topological polar surface area (TPSA) is 59.0 Å². The van der Waals surface area contributed by atoms with E-state index in [9.17, 15) is 9.59 Å². The zero-order valence-electron chi connectivity index (χ0n) is 20.0. The van der Waals surface area contributed by atoms with Gasteiger partial charge in [0.1, 0.15) is 5.71 Å². The second-order valence-corrected chi connectivity index (χ2v) is 12.8. The molecule has 1 saturated carbocycles. The number of thiophene rings is 1. The largest absolute Gasteiger partial charge is 0.384 e. The summed E-state index contributed by atoms with van der Waals surface area (Å²) in [4.78, 5) is 36.2. The second-order valence-electron chi connectivity index (χ2n) is 10.6. The zero-order valence-corrected chi connectivity index (χ0v) is 23.1. The summed E-state index contributed by atoms with van der Waals surface area (Å²) in [6.07, 6.45) is 7.83. The first-order valence-corrected chi connectivity index (χ1v) is 14.6. The van der Waals surface area contributed by atoms with Crippen molar-refractivity contribution >= 4 is 63.5 Å². The molecule has 9 heteroatoms. The summed E-state index contributed by atoms with van der Waals surface area (Å²) >= 11 is 20.2. The standard InChI is InChI=1S/C27H27Cl3N2O3S/c1-27(15-11-19(28)23(30)20(29)12-15)13-21(31-35-27)24-17-4-2-3-5-18(17)25(36-24)22(33)10-14-8-9-32(26(14)34)16-6-7-16/h11-12,14,16H,2-10,13H2,1H3. The number of hydrogen-bond acceptors (Lipinski definition) is 5. The van der Waals surface area contributed by atoms with Gasteiger partial charge in [-0.05, 0) is 75.1 Å². The van der Waals surface area contributed by atoms with Crippen LogP contribution in [-0.4, -0.2) is 34.9 Å². The number of nitrogens with zero attached hydrogens (tertiary/aromatic N) is 2. The fourth-order valence-corrected chi connectivity index (χ4v) is 7.71. The third-order valence-corrected chi connectivity index (χ3v) is 10.5. The van der Waals surface area contributed by atoms with E-state index in [1.807, 2.05) is 11.8 Å². The number of benzene rings is 1. The highest BCUT2D eigenvalue weighted by Gasteiger charge is 2.42. The lowest BCUT2D eigenvalue weighted by Gasteiger charge is -2.23. The van der Waals surface area contributed by atoms with E-state index in [2.05, 4.69) is 5.16 Å². The van der Waals surface area contributed by atoms with Gasteiger partial charge in [-0.15, -0.1) is 11.3 Å². The molecule has 2 aromatic rings. The van der Waals surface area contributed by atoms with Crippen molar-refractivity contribution in [3.63, 3.8) is 0 Å². The smallest absolute Gasteiger partial charge is 0.226 e.